The van der Waals surface area contributed by atoms with Crippen molar-refractivity contribution in [2.75, 3.05) is 13.2 Å². The molecule has 1 aliphatic rings. The Labute approximate surface area is 204 Å². The summed E-state index contributed by atoms with van der Waals surface area (Å²) in [6, 6.07) is 7.92. The first kappa shape index (κ1) is 26.2. The van der Waals surface area contributed by atoms with E-state index in [9.17, 15) is 30.0 Å². The number of ether oxygens (including phenoxy) is 2. The number of hydrogen-bond acceptors (Lipinski definition) is 9. The van der Waals surface area contributed by atoms with E-state index in [2.05, 4.69) is 0 Å². The summed E-state index contributed by atoms with van der Waals surface area (Å²) in [5, 5.41) is 37.8. The van der Waals surface area contributed by atoms with Gasteiger partial charge in [0.25, 0.3) is 0 Å². The van der Waals surface area contributed by atoms with E-state index < -0.39 is 12.0 Å². The number of rotatable bonds is 10. The van der Waals surface area contributed by atoms with Gasteiger partial charge in [-0.1, -0.05) is 12.1 Å². The van der Waals surface area contributed by atoms with Gasteiger partial charge in [-0.3, -0.25) is 9.59 Å². The molecule has 0 radical (unpaired) electrons. The molecule has 9 heteroatoms. The molecule has 3 rings (SSSR count). The fourth-order valence-corrected chi connectivity index (χ4v) is 4.16. The van der Waals surface area contributed by atoms with E-state index in [0.29, 0.717) is 25.2 Å². The zero-order chi connectivity index (χ0) is 25.4. The molecule has 2 aromatic carbocycles. The molecule has 1 aliphatic carbocycles. The van der Waals surface area contributed by atoms with Crippen molar-refractivity contribution in [2.24, 2.45) is 17.6 Å². The van der Waals surface area contributed by atoms with Crippen LogP contribution in [0, 0.1) is 11.8 Å². The summed E-state index contributed by atoms with van der Waals surface area (Å²) in [7, 11) is 0. The lowest BCUT2D eigenvalue weighted by Crippen LogP contribution is -2.35. The highest BCUT2D eigenvalue weighted by molar-refractivity contribution is 5.76. The largest absolute Gasteiger partial charge is 0.504 e. The topological polar surface area (TPSA) is 160 Å². The molecule has 2 aromatic rings. The number of phenolic OH excluding ortho intramolecular Hbond substituents is 4. The minimum atomic E-state index is -0.861. The van der Waals surface area contributed by atoms with Crippen LogP contribution in [0.15, 0.2) is 36.4 Å². The maximum absolute atomic E-state index is 12.2. The van der Waals surface area contributed by atoms with Crippen molar-refractivity contribution in [3.8, 4) is 23.0 Å². The summed E-state index contributed by atoms with van der Waals surface area (Å²) in [6.45, 7) is 0.649. The highest BCUT2D eigenvalue weighted by Gasteiger charge is 2.25. The third-order valence-electron chi connectivity index (χ3n) is 6.36. The third-order valence-corrected chi connectivity index (χ3v) is 6.36. The Kier molecular flexibility index (Phi) is 9.19. The average molecular weight is 488 g/mol. The van der Waals surface area contributed by atoms with E-state index in [1.54, 1.807) is 12.1 Å². The van der Waals surface area contributed by atoms with Crippen molar-refractivity contribution in [2.45, 2.75) is 51.0 Å². The van der Waals surface area contributed by atoms with Crippen LogP contribution in [0.2, 0.25) is 0 Å². The second-order valence-electron chi connectivity index (χ2n) is 9.16. The van der Waals surface area contributed by atoms with Crippen LogP contribution < -0.4 is 5.73 Å². The van der Waals surface area contributed by atoms with Crippen LogP contribution in [0.25, 0.3) is 0 Å². The summed E-state index contributed by atoms with van der Waals surface area (Å²) >= 11 is 0. The predicted molar refractivity (Wildman–Crippen MR) is 127 cm³/mol. The minimum absolute atomic E-state index is 0.193. The Balaban J connectivity index is 1.30. The van der Waals surface area contributed by atoms with Crippen LogP contribution in [0.3, 0.4) is 0 Å². The molecule has 35 heavy (non-hydrogen) atoms. The summed E-state index contributed by atoms with van der Waals surface area (Å²) in [5.74, 6) is -1.20. The SMILES string of the molecule is NC(Cc1ccc(O)c(O)c1)C(=O)OCC1CCC(COC(=O)CCc2ccc(O)c(O)c2)CC1. The molecule has 190 valence electrons. The van der Waals surface area contributed by atoms with Crippen molar-refractivity contribution in [1.29, 1.82) is 0 Å². The van der Waals surface area contributed by atoms with E-state index >= 15 is 0 Å². The number of hydrogen-bond donors (Lipinski definition) is 5. The second-order valence-corrected chi connectivity index (χ2v) is 9.16. The van der Waals surface area contributed by atoms with E-state index in [1.807, 2.05) is 0 Å². The minimum Gasteiger partial charge on any atom is -0.504 e. The van der Waals surface area contributed by atoms with Gasteiger partial charge in [0.05, 0.1) is 13.2 Å². The van der Waals surface area contributed by atoms with Crippen molar-refractivity contribution in [1.82, 2.24) is 0 Å². The van der Waals surface area contributed by atoms with E-state index in [4.69, 9.17) is 15.2 Å². The first-order valence-corrected chi connectivity index (χ1v) is 11.8. The Bertz CT molecular complexity index is 1020. The number of aryl methyl sites for hydroxylation is 1. The molecular formula is C26H33NO8. The Morgan fingerprint density at radius 2 is 1.31 bits per heavy atom. The van der Waals surface area contributed by atoms with Crippen LogP contribution in [0.1, 0.15) is 43.2 Å². The van der Waals surface area contributed by atoms with Crippen LogP contribution in [0.5, 0.6) is 23.0 Å². The van der Waals surface area contributed by atoms with E-state index in [-0.39, 0.29) is 53.6 Å². The lowest BCUT2D eigenvalue weighted by molar-refractivity contribution is -0.148. The number of esters is 2. The van der Waals surface area contributed by atoms with Gasteiger partial charge in [0.2, 0.25) is 0 Å². The van der Waals surface area contributed by atoms with Crippen LogP contribution in [0.4, 0.5) is 0 Å². The lowest BCUT2D eigenvalue weighted by atomic mass is 9.83. The quantitative estimate of drug-likeness (QED) is 0.251. The average Bonchev–Trinajstić information content (AvgIpc) is 2.84. The molecule has 0 spiro atoms. The molecule has 1 atom stereocenters. The fraction of sp³-hybridized carbons (Fsp3) is 0.462. The van der Waals surface area contributed by atoms with Gasteiger partial charge in [0.15, 0.2) is 23.0 Å². The van der Waals surface area contributed by atoms with Gasteiger partial charge in [-0.2, -0.15) is 0 Å². The maximum Gasteiger partial charge on any atom is 0.323 e. The molecule has 1 unspecified atom stereocenters. The molecule has 1 saturated carbocycles. The maximum atomic E-state index is 12.2. The first-order chi connectivity index (χ1) is 16.7. The zero-order valence-corrected chi connectivity index (χ0v) is 19.6. The Morgan fingerprint density at radius 1 is 0.800 bits per heavy atom. The standard InChI is InChI=1S/C26H33NO8/c27-20(11-19-6-9-22(29)24(31)13-19)26(33)35-15-18-3-1-17(2-4-18)14-34-25(32)10-7-16-5-8-21(28)23(30)12-16/h5-6,8-9,12-13,17-18,20,28-31H,1-4,7,10-11,14-15,27H2. The number of phenols is 4. The molecule has 0 saturated heterocycles. The monoisotopic (exact) mass is 487 g/mol. The molecule has 0 aliphatic heterocycles. The smallest absolute Gasteiger partial charge is 0.323 e. The van der Waals surface area contributed by atoms with Crippen molar-refractivity contribution in [3.63, 3.8) is 0 Å². The van der Waals surface area contributed by atoms with Gasteiger partial charge >= 0.3 is 11.9 Å². The molecular weight excluding hydrogens is 454 g/mol. The molecule has 0 amide bonds. The van der Waals surface area contributed by atoms with Crippen LogP contribution in [-0.4, -0.2) is 51.6 Å². The summed E-state index contributed by atoms with van der Waals surface area (Å²) in [4.78, 5) is 24.3. The van der Waals surface area contributed by atoms with Gasteiger partial charge in [-0.15, -0.1) is 0 Å². The number of carbonyl (C=O) groups excluding carboxylic acids is 2. The number of benzene rings is 2. The van der Waals surface area contributed by atoms with Gasteiger partial charge < -0.3 is 35.6 Å². The van der Waals surface area contributed by atoms with Crippen molar-refractivity contribution < 1.29 is 39.5 Å². The van der Waals surface area contributed by atoms with E-state index in [1.165, 1.54) is 24.3 Å². The van der Waals surface area contributed by atoms with Gasteiger partial charge in [-0.25, -0.2) is 0 Å². The highest BCUT2D eigenvalue weighted by atomic mass is 16.5. The molecule has 9 nitrogen and oxygen atoms in total. The lowest BCUT2D eigenvalue weighted by Gasteiger charge is -2.28. The summed E-state index contributed by atoms with van der Waals surface area (Å²) < 4.78 is 10.8. The fourth-order valence-electron chi connectivity index (χ4n) is 4.16. The Morgan fingerprint density at radius 3 is 1.89 bits per heavy atom. The highest BCUT2D eigenvalue weighted by Crippen LogP contribution is 2.30. The first-order valence-electron chi connectivity index (χ1n) is 11.8. The second kappa shape index (κ2) is 12.3. The molecule has 6 N–H and O–H groups in total. The summed E-state index contributed by atoms with van der Waals surface area (Å²) in [6.07, 6.45) is 4.28. The van der Waals surface area contributed by atoms with Gasteiger partial charge in [0, 0.05) is 6.42 Å². The predicted octanol–water partition coefficient (Wildman–Crippen LogP) is 2.90. The number of nitrogens with two attached hydrogens (primary N) is 1. The molecule has 0 heterocycles. The third kappa shape index (κ3) is 8.06. The van der Waals surface area contributed by atoms with Crippen LogP contribution in [-0.2, 0) is 31.9 Å². The van der Waals surface area contributed by atoms with Gasteiger partial charge in [0.1, 0.15) is 6.04 Å². The van der Waals surface area contributed by atoms with Crippen molar-refractivity contribution in [3.05, 3.63) is 47.5 Å². The number of carbonyl (C=O) groups is 2. The zero-order valence-electron chi connectivity index (χ0n) is 19.6. The summed E-state index contributed by atoms with van der Waals surface area (Å²) in [5.41, 5.74) is 7.30. The van der Waals surface area contributed by atoms with E-state index in [0.717, 1.165) is 31.2 Å². The van der Waals surface area contributed by atoms with Gasteiger partial charge in [-0.05, 0) is 85.8 Å². The van der Waals surface area contributed by atoms with Crippen LogP contribution >= 0.6 is 0 Å². The van der Waals surface area contributed by atoms with Crippen molar-refractivity contribution >= 4 is 11.9 Å². The molecule has 0 aromatic heterocycles. The number of aromatic hydroxyl groups is 4. The molecule has 0 bridgehead atoms. The Hall–Kier alpha value is -3.46. The molecule has 1 fully saturated rings. The normalized spacial score (nSPS) is 18.5.